The summed E-state index contributed by atoms with van der Waals surface area (Å²) in [5.74, 6) is 2.75. The Bertz CT molecular complexity index is 1190. The number of hydrogen-bond donors (Lipinski definition) is 1. The van der Waals surface area contributed by atoms with Gasteiger partial charge in [-0.3, -0.25) is 4.79 Å². The van der Waals surface area contributed by atoms with E-state index in [4.69, 9.17) is 0 Å². The van der Waals surface area contributed by atoms with Crippen LogP contribution in [0.15, 0.2) is 53.6 Å². The third kappa shape index (κ3) is 4.00. The van der Waals surface area contributed by atoms with E-state index in [2.05, 4.69) is 22.4 Å². The van der Waals surface area contributed by atoms with Gasteiger partial charge in [0.1, 0.15) is 16.5 Å². The van der Waals surface area contributed by atoms with Crippen molar-refractivity contribution in [3.8, 4) is 11.3 Å². The lowest BCUT2D eigenvalue weighted by Crippen LogP contribution is -2.56. The summed E-state index contributed by atoms with van der Waals surface area (Å²) >= 11 is 1.44. The Balaban J connectivity index is 1.16. The maximum absolute atomic E-state index is 13.4. The zero-order valence-electron chi connectivity index (χ0n) is 19.5. The van der Waals surface area contributed by atoms with Crippen molar-refractivity contribution in [2.24, 2.45) is 23.2 Å². The van der Waals surface area contributed by atoms with Gasteiger partial charge >= 0.3 is 0 Å². The van der Waals surface area contributed by atoms with Gasteiger partial charge in [0.15, 0.2) is 0 Å². The molecule has 4 nitrogen and oxygen atoms in total. The Morgan fingerprint density at radius 2 is 1.62 bits per heavy atom. The fourth-order valence-electron chi connectivity index (χ4n) is 7.28. The van der Waals surface area contributed by atoms with Gasteiger partial charge in [0.05, 0.1) is 5.75 Å². The lowest BCUT2D eigenvalue weighted by molar-refractivity contribution is -0.123. The van der Waals surface area contributed by atoms with E-state index < -0.39 is 0 Å². The number of thioether (sulfide) groups is 1. The first-order chi connectivity index (χ1) is 16.5. The molecule has 2 aromatic carbocycles. The van der Waals surface area contributed by atoms with Crippen LogP contribution in [-0.4, -0.2) is 27.9 Å². The molecule has 6 heteroatoms. The lowest BCUT2D eigenvalue weighted by atomic mass is 9.48. The minimum absolute atomic E-state index is 0.0711. The van der Waals surface area contributed by atoms with Crippen LogP contribution in [0.4, 0.5) is 4.39 Å². The van der Waals surface area contributed by atoms with Gasteiger partial charge in [-0.2, -0.15) is 0 Å². The van der Waals surface area contributed by atoms with Crippen molar-refractivity contribution in [3.05, 3.63) is 54.3 Å². The highest BCUT2D eigenvalue weighted by Gasteiger charge is 2.53. The molecule has 3 aromatic rings. The third-order valence-electron chi connectivity index (χ3n) is 8.49. The summed E-state index contributed by atoms with van der Waals surface area (Å²) in [5.41, 5.74) is 1.85. The fourth-order valence-corrected chi connectivity index (χ4v) is 8.07. The van der Waals surface area contributed by atoms with Crippen molar-refractivity contribution in [1.29, 1.82) is 0 Å². The number of rotatable bonds is 6. The number of nitrogens with zero attached hydrogens (tertiary/aromatic N) is 2. The van der Waals surface area contributed by atoms with Crippen molar-refractivity contribution in [3.63, 3.8) is 0 Å². The molecule has 1 amide bonds. The van der Waals surface area contributed by atoms with E-state index in [1.165, 1.54) is 62.4 Å². The highest BCUT2D eigenvalue weighted by Crippen LogP contribution is 2.61. The van der Waals surface area contributed by atoms with Crippen LogP contribution in [0, 0.1) is 29.0 Å². The van der Waals surface area contributed by atoms with Crippen LogP contribution in [0.5, 0.6) is 0 Å². The molecule has 176 valence electrons. The maximum atomic E-state index is 13.4. The lowest BCUT2D eigenvalue weighted by Gasteiger charge is -2.59. The second-order valence-electron chi connectivity index (χ2n) is 10.8. The van der Waals surface area contributed by atoms with Gasteiger partial charge in [0.25, 0.3) is 0 Å². The van der Waals surface area contributed by atoms with Gasteiger partial charge in [-0.25, -0.2) is 4.39 Å². The number of benzene rings is 2. The average Bonchev–Trinajstić information content (AvgIpc) is 2.82. The summed E-state index contributed by atoms with van der Waals surface area (Å²) < 4.78 is 13.4. The smallest absolute Gasteiger partial charge is 0.230 e. The van der Waals surface area contributed by atoms with E-state index >= 15 is 0 Å². The van der Waals surface area contributed by atoms with Crippen LogP contribution in [0.1, 0.15) is 45.4 Å². The van der Waals surface area contributed by atoms with Gasteiger partial charge in [0, 0.05) is 22.4 Å². The van der Waals surface area contributed by atoms with Crippen molar-refractivity contribution in [2.75, 3.05) is 5.75 Å². The minimum atomic E-state index is -0.276. The van der Waals surface area contributed by atoms with E-state index in [1.54, 1.807) is 12.1 Å². The molecule has 0 spiro atoms. The summed E-state index contributed by atoms with van der Waals surface area (Å²) in [4.78, 5) is 13.0. The number of aromatic nitrogens is 2. The molecule has 0 radical (unpaired) electrons. The molecule has 0 aliphatic heterocycles. The number of carbonyl (C=O) groups is 1. The summed E-state index contributed by atoms with van der Waals surface area (Å²) in [5, 5.41) is 14.9. The van der Waals surface area contributed by atoms with E-state index in [1.807, 2.05) is 24.3 Å². The Labute approximate surface area is 204 Å². The molecule has 4 bridgehead atoms. The fraction of sp³-hybridized carbons (Fsp3) is 0.464. The molecule has 4 aliphatic rings. The number of amides is 1. The Kier molecular flexibility index (Phi) is 5.59. The molecule has 34 heavy (non-hydrogen) atoms. The zero-order valence-corrected chi connectivity index (χ0v) is 20.3. The molecular weight excluding hydrogens is 445 g/mol. The van der Waals surface area contributed by atoms with Gasteiger partial charge < -0.3 is 5.32 Å². The van der Waals surface area contributed by atoms with Crippen molar-refractivity contribution in [1.82, 2.24) is 15.5 Å². The molecule has 0 saturated heterocycles. The van der Waals surface area contributed by atoms with Crippen LogP contribution < -0.4 is 5.32 Å². The first kappa shape index (κ1) is 22.0. The van der Waals surface area contributed by atoms with Crippen molar-refractivity contribution >= 4 is 28.4 Å². The van der Waals surface area contributed by atoms with E-state index in [9.17, 15) is 9.18 Å². The van der Waals surface area contributed by atoms with Crippen LogP contribution >= 0.6 is 11.8 Å². The zero-order chi connectivity index (χ0) is 23.3. The minimum Gasteiger partial charge on any atom is -0.352 e. The van der Waals surface area contributed by atoms with Gasteiger partial charge in [-0.1, -0.05) is 36.0 Å². The number of hydrogen-bond acceptors (Lipinski definition) is 4. The average molecular weight is 476 g/mol. The number of carbonyl (C=O) groups excluding carboxylic acids is 1. The summed E-state index contributed by atoms with van der Waals surface area (Å²) in [7, 11) is 0. The van der Waals surface area contributed by atoms with Crippen LogP contribution in [0.2, 0.25) is 0 Å². The predicted octanol–water partition coefficient (Wildman–Crippen LogP) is 6.25. The molecule has 4 aliphatic carbocycles. The van der Waals surface area contributed by atoms with E-state index in [0.29, 0.717) is 11.2 Å². The first-order valence-electron chi connectivity index (χ1n) is 12.4. The Morgan fingerprint density at radius 1 is 1.00 bits per heavy atom. The molecule has 7 rings (SSSR count). The quantitative estimate of drug-likeness (QED) is 0.428. The molecular formula is C28H30FN3OS. The molecule has 0 unspecified atom stereocenters. The maximum Gasteiger partial charge on any atom is 0.230 e. The number of fused-ring (bicyclic) bond motifs is 1. The Hall–Kier alpha value is -2.47. The highest BCUT2D eigenvalue weighted by atomic mass is 32.2. The standard InChI is InChI=1S/C28H30FN3OS/c1-17(28-13-18-10-19(14-28)12-20(11-18)15-28)30-25(33)16-34-27-24-5-3-2-4-23(24)26(31-32-27)21-6-8-22(29)9-7-21/h2-9,17-20H,10-16H2,1H3,(H,30,33)/t17-,18?,19?,20?,28?/m0/s1. The van der Waals surface area contributed by atoms with Gasteiger partial charge in [-0.05, 0) is 92.9 Å². The first-order valence-corrected chi connectivity index (χ1v) is 13.4. The predicted molar refractivity (Wildman–Crippen MR) is 134 cm³/mol. The summed E-state index contributed by atoms with van der Waals surface area (Å²) in [6.07, 6.45) is 8.10. The molecule has 1 atom stereocenters. The summed E-state index contributed by atoms with van der Waals surface area (Å²) in [6.45, 7) is 2.22. The second-order valence-corrected chi connectivity index (χ2v) is 11.7. The highest BCUT2D eigenvalue weighted by molar-refractivity contribution is 8.00. The van der Waals surface area contributed by atoms with Crippen LogP contribution in [-0.2, 0) is 4.79 Å². The van der Waals surface area contributed by atoms with Crippen molar-refractivity contribution in [2.45, 2.75) is 56.5 Å². The molecule has 1 aromatic heterocycles. The third-order valence-corrected chi connectivity index (χ3v) is 9.47. The van der Waals surface area contributed by atoms with Crippen LogP contribution in [0.3, 0.4) is 0 Å². The van der Waals surface area contributed by atoms with E-state index in [-0.39, 0.29) is 17.8 Å². The normalized spacial score (nSPS) is 28.2. The molecule has 1 heterocycles. The van der Waals surface area contributed by atoms with E-state index in [0.717, 1.165) is 44.8 Å². The Morgan fingerprint density at radius 3 is 2.26 bits per heavy atom. The molecule has 1 N–H and O–H groups in total. The monoisotopic (exact) mass is 475 g/mol. The SMILES string of the molecule is C[C@H](NC(=O)CSc1nnc(-c2ccc(F)cc2)c2ccccc12)C12CC3CC(CC(C3)C1)C2. The van der Waals surface area contributed by atoms with Crippen molar-refractivity contribution < 1.29 is 9.18 Å². The topological polar surface area (TPSA) is 54.9 Å². The largest absolute Gasteiger partial charge is 0.352 e. The van der Waals surface area contributed by atoms with Gasteiger partial charge in [-0.15, -0.1) is 10.2 Å². The molecule has 4 saturated carbocycles. The number of nitrogens with one attached hydrogen (secondary N) is 1. The summed E-state index contributed by atoms with van der Waals surface area (Å²) in [6, 6.07) is 14.5. The number of halogens is 1. The van der Waals surface area contributed by atoms with Gasteiger partial charge in [0.2, 0.25) is 5.91 Å². The van der Waals surface area contributed by atoms with Crippen LogP contribution in [0.25, 0.3) is 22.0 Å². The molecule has 4 fully saturated rings. The second kappa shape index (κ2) is 8.63.